The summed E-state index contributed by atoms with van der Waals surface area (Å²) in [5.74, 6) is -4.05. The van der Waals surface area contributed by atoms with Gasteiger partial charge >= 0.3 is 0 Å². The molecular weight excluding hydrogens is 316 g/mol. The predicted octanol–water partition coefficient (Wildman–Crippen LogP) is 6.73. The van der Waals surface area contributed by atoms with Gasteiger partial charge in [0.2, 0.25) is 0 Å². The molecule has 130 valence electrons. The Morgan fingerprint density at radius 1 is 0.750 bits per heavy atom. The molecule has 4 heteroatoms. The van der Waals surface area contributed by atoms with Crippen molar-refractivity contribution in [2.24, 2.45) is 0 Å². The first-order chi connectivity index (χ1) is 11.5. The van der Waals surface area contributed by atoms with Crippen molar-refractivity contribution >= 4 is 0 Å². The molecule has 2 aromatic rings. The molecule has 2 rings (SSSR count). The SMILES string of the molecule is CCCCCCCc1ccc(-c2cc(F)c(C)c(F)c2F)c(F)c1. The van der Waals surface area contributed by atoms with Crippen LogP contribution in [0.25, 0.3) is 11.1 Å². The summed E-state index contributed by atoms with van der Waals surface area (Å²) in [5.41, 5.74) is -0.107. The van der Waals surface area contributed by atoms with Gasteiger partial charge in [0.1, 0.15) is 11.6 Å². The molecule has 0 aliphatic heterocycles. The molecule has 0 saturated heterocycles. The first-order valence-corrected chi connectivity index (χ1v) is 8.38. The van der Waals surface area contributed by atoms with E-state index in [0.29, 0.717) is 0 Å². The van der Waals surface area contributed by atoms with Crippen molar-refractivity contribution in [3.63, 3.8) is 0 Å². The van der Waals surface area contributed by atoms with Crippen molar-refractivity contribution in [3.8, 4) is 11.1 Å². The molecule has 2 aromatic carbocycles. The topological polar surface area (TPSA) is 0 Å². The second-order valence-corrected chi connectivity index (χ2v) is 6.14. The lowest BCUT2D eigenvalue weighted by molar-refractivity contribution is 0.488. The third kappa shape index (κ3) is 4.16. The summed E-state index contributed by atoms with van der Waals surface area (Å²) in [7, 11) is 0. The highest BCUT2D eigenvalue weighted by Crippen LogP contribution is 2.30. The van der Waals surface area contributed by atoms with Gasteiger partial charge in [-0.1, -0.05) is 44.7 Å². The number of hydrogen-bond donors (Lipinski definition) is 0. The lowest BCUT2D eigenvalue weighted by Gasteiger charge is -2.10. The molecule has 0 bridgehead atoms. The van der Waals surface area contributed by atoms with Crippen molar-refractivity contribution in [1.29, 1.82) is 0 Å². The number of aryl methyl sites for hydroxylation is 1. The third-order valence-electron chi connectivity index (χ3n) is 4.28. The van der Waals surface area contributed by atoms with Gasteiger partial charge in [0.05, 0.1) is 0 Å². The summed E-state index contributed by atoms with van der Waals surface area (Å²) in [6.45, 7) is 3.29. The zero-order valence-electron chi connectivity index (χ0n) is 14.1. The summed E-state index contributed by atoms with van der Waals surface area (Å²) >= 11 is 0. The Hall–Kier alpha value is -1.84. The first-order valence-electron chi connectivity index (χ1n) is 8.38. The van der Waals surface area contributed by atoms with Crippen LogP contribution in [0.15, 0.2) is 24.3 Å². The standard InChI is InChI=1S/C20H22F4/c1-3-4-5-6-7-8-14-9-10-15(18(22)11-14)16-12-17(21)13(2)19(23)20(16)24/h9-12H,3-8H2,1-2H3. The molecule has 0 aliphatic rings. The smallest absolute Gasteiger partial charge is 0.167 e. The zero-order chi connectivity index (χ0) is 17.7. The van der Waals surface area contributed by atoms with Crippen LogP contribution in [0.1, 0.15) is 50.2 Å². The number of unbranched alkanes of at least 4 members (excludes halogenated alkanes) is 4. The molecule has 0 fully saturated rings. The second kappa shape index (κ2) is 8.32. The molecule has 0 nitrogen and oxygen atoms in total. The van der Waals surface area contributed by atoms with E-state index in [1.165, 1.54) is 25.0 Å². The Morgan fingerprint density at radius 3 is 2.12 bits per heavy atom. The second-order valence-electron chi connectivity index (χ2n) is 6.14. The van der Waals surface area contributed by atoms with Gasteiger partial charge in [-0.3, -0.25) is 0 Å². The van der Waals surface area contributed by atoms with Gasteiger partial charge < -0.3 is 0 Å². The van der Waals surface area contributed by atoms with Crippen LogP contribution in [0.2, 0.25) is 0 Å². The van der Waals surface area contributed by atoms with Gasteiger partial charge in [-0.15, -0.1) is 0 Å². The number of hydrogen-bond acceptors (Lipinski definition) is 0. The maximum atomic E-state index is 14.3. The fourth-order valence-corrected chi connectivity index (χ4v) is 2.75. The Labute approximate surface area is 140 Å². The fourth-order valence-electron chi connectivity index (χ4n) is 2.75. The average Bonchev–Trinajstić information content (AvgIpc) is 2.56. The number of benzene rings is 2. The van der Waals surface area contributed by atoms with Crippen LogP contribution in [-0.4, -0.2) is 0 Å². The van der Waals surface area contributed by atoms with Crippen LogP contribution >= 0.6 is 0 Å². The fraction of sp³-hybridized carbons (Fsp3) is 0.400. The van der Waals surface area contributed by atoms with Gasteiger partial charge in [0.15, 0.2) is 11.6 Å². The normalized spacial score (nSPS) is 11.1. The highest BCUT2D eigenvalue weighted by molar-refractivity contribution is 5.66. The van der Waals surface area contributed by atoms with Crippen LogP contribution in [0.4, 0.5) is 17.6 Å². The summed E-state index contributed by atoms with van der Waals surface area (Å²) in [6, 6.07) is 5.25. The van der Waals surface area contributed by atoms with Gasteiger partial charge in [0, 0.05) is 16.7 Å². The molecule has 0 radical (unpaired) electrons. The minimum atomic E-state index is -1.27. The van der Waals surface area contributed by atoms with Crippen LogP contribution in [0.5, 0.6) is 0 Å². The molecule has 0 aromatic heterocycles. The first kappa shape index (κ1) is 18.5. The highest BCUT2D eigenvalue weighted by atomic mass is 19.2. The maximum Gasteiger partial charge on any atom is 0.167 e. The molecule has 0 atom stereocenters. The van der Waals surface area contributed by atoms with E-state index in [0.717, 1.165) is 44.2 Å². The van der Waals surface area contributed by atoms with Crippen LogP contribution in [0, 0.1) is 30.2 Å². The molecule has 0 saturated carbocycles. The van der Waals surface area contributed by atoms with Crippen molar-refractivity contribution in [2.45, 2.75) is 52.4 Å². The summed E-state index contributed by atoms with van der Waals surface area (Å²) in [6.07, 6.45) is 6.29. The van der Waals surface area contributed by atoms with Crippen molar-refractivity contribution in [2.75, 3.05) is 0 Å². The molecule has 0 aliphatic carbocycles. The monoisotopic (exact) mass is 338 g/mol. The quantitative estimate of drug-likeness (QED) is 0.298. The van der Waals surface area contributed by atoms with Gasteiger partial charge in [-0.25, -0.2) is 17.6 Å². The van der Waals surface area contributed by atoms with E-state index in [4.69, 9.17) is 0 Å². The van der Waals surface area contributed by atoms with E-state index >= 15 is 0 Å². The predicted molar refractivity (Wildman–Crippen MR) is 88.9 cm³/mol. The van der Waals surface area contributed by atoms with Crippen LogP contribution in [0.3, 0.4) is 0 Å². The van der Waals surface area contributed by atoms with Crippen molar-refractivity contribution < 1.29 is 17.6 Å². The van der Waals surface area contributed by atoms with Gasteiger partial charge in [0.25, 0.3) is 0 Å². The van der Waals surface area contributed by atoms with E-state index in [-0.39, 0.29) is 11.1 Å². The van der Waals surface area contributed by atoms with E-state index < -0.39 is 28.8 Å². The summed E-state index contributed by atoms with van der Waals surface area (Å²) < 4.78 is 55.7. The van der Waals surface area contributed by atoms with Crippen LogP contribution in [-0.2, 0) is 6.42 Å². The minimum absolute atomic E-state index is 0.125. The molecule has 0 spiro atoms. The lowest BCUT2D eigenvalue weighted by Crippen LogP contribution is -1.99. The Kier molecular flexibility index (Phi) is 6.41. The highest BCUT2D eigenvalue weighted by Gasteiger charge is 2.19. The van der Waals surface area contributed by atoms with Crippen LogP contribution < -0.4 is 0 Å². The van der Waals surface area contributed by atoms with Gasteiger partial charge in [-0.2, -0.15) is 0 Å². The number of rotatable bonds is 7. The Balaban J connectivity index is 2.19. The van der Waals surface area contributed by atoms with E-state index in [1.54, 1.807) is 6.07 Å². The largest absolute Gasteiger partial charge is 0.207 e. The van der Waals surface area contributed by atoms with E-state index in [1.807, 2.05) is 0 Å². The average molecular weight is 338 g/mol. The summed E-state index contributed by atoms with van der Waals surface area (Å²) in [4.78, 5) is 0. The van der Waals surface area contributed by atoms with Crippen molar-refractivity contribution in [1.82, 2.24) is 0 Å². The van der Waals surface area contributed by atoms with E-state index in [9.17, 15) is 17.6 Å². The zero-order valence-corrected chi connectivity index (χ0v) is 14.1. The molecule has 0 heterocycles. The van der Waals surface area contributed by atoms with Gasteiger partial charge in [-0.05, 0) is 37.5 Å². The lowest BCUT2D eigenvalue weighted by atomic mass is 9.98. The maximum absolute atomic E-state index is 14.3. The summed E-state index contributed by atoms with van der Waals surface area (Å²) in [5, 5.41) is 0. The number of halogens is 4. The minimum Gasteiger partial charge on any atom is -0.207 e. The Morgan fingerprint density at radius 2 is 1.46 bits per heavy atom. The third-order valence-corrected chi connectivity index (χ3v) is 4.28. The molecule has 0 N–H and O–H groups in total. The molecule has 0 amide bonds. The molecule has 0 unspecified atom stereocenters. The van der Waals surface area contributed by atoms with E-state index in [2.05, 4.69) is 6.92 Å². The molecular formula is C20H22F4. The Bertz CT molecular complexity index is 707. The van der Waals surface area contributed by atoms with Crippen molar-refractivity contribution in [3.05, 3.63) is 58.7 Å². The molecule has 24 heavy (non-hydrogen) atoms.